The van der Waals surface area contributed by atoms with Gasteiger partial charge in [0.1, 0.15) is 11.4 Å². The molecule has 1 amide bonds. The number of carbonyl (C=O) groups is 1. The van der Waals surface area contributed by atoms with Crippen molar-refractivity contribution in [2.45, 2.75) is 0 Å². The van der Waals surface area contributed by atoms with Crippen LogP contribution in [-0.4, -0.2) is 44.1 Å². The number of H-pyrrole nitrogens is 1. The molecule has 4 rings (SSSR count). The van der Waals surface area contributed by atoms with E-state index < -0.39 is 0 Å². The predicted molar refractivity (Wildman–Crippen MR) is 102 cm³/mol. The fourth-order valence-corrected chi connectivity index (χ4v) is 2.75. The summed E-state index contributed by atoms with van der Waals surface area (Å²) in [6.07, 6.45) is 5.21. The lowest BCUT2D eigenvalue weighted by Gasteiger charge is -2.05. The maximum Gasteiger partial charge on any atom is 0.269 e. The molecule has 0 saturated heterocycles. The van der Waals surface area contributed by atoms with Crippen LogP contribution in [-0.2, 0) is 0 Å². The summed E-state index contributed by atoms with van der Waals surface area (Å²) < 4.78 is 0. The number of hydrogen-bond acceptors (Lipinski definition) is 6. The maximum absolute atomic E-state index is 12.2. The fraction of sp³-hybridized carbons (Fsp3) is 0.105. The number of nitrogens with two attached hydrogens (primary N) is 1. The van der Waals surface area contributed by atoms with Crippen LogP contribution < -0.4 is 11.1 Å². The fourth-order valence-electron chi connectivity index (χ4n) is 2.75. The lowest BCUT2D eigenvalue weighted by molar-refractivity contribution is 0.0950. The van der Waals surface area contributed by atoms with Crippen molar-refractivity contribution in [2.75, 3.05) is 13.1 Å². The van der Waals surface area contributed by atoms with Crippen molar-refractivity contribution in [3.8, 4) is 22.6 Å². The summed E-state index contributed by atoms with van der Waals surface area (Å²) in [6.45, 7) is 0.774. The van der Waals surface area contributed by atoms with Crippen LogP contribution in [0, 0.1) is 0 Å². The Hall–Kier alpha value is -3.65. The second kappa shape index (κ2) is 7.30. The number of rotatable bonds is 5. The molecule has 0 atom stereocenters. The number of carbonyl (C=O) groups excluding carboxylic acids is 1. The monoisotopic (exact) mass is 359 g/mol. The average Bonchev–Trinajstić information content (AvgIpc) is 3.16. The molecule has 0 aliphatic carbocycles. The number of aromatic amines is 1. The molecule has 8 heteroatoms. The van der Waals surface area contributed by atoms with E-state index in [1.165, 1.54) is 0 Å². The summed E-state index contributed by atoms with van der Waals surface area (Å²) in [5.41, 5.74) is 9.49. The van der Waals surface area contributed by atoms with Crippen molar-refractivity contribution in [1.29, 1.82) is 0 Å². The quantitative estimate of drug-likeness (QED) is 0.499. The van der Waals surface area contributed by atoms with Crippen LogP contribution in [0.15, 0.2) is 55.0 Å². The molecular weight excluding hydrogens is 342 g/mol. The van der Waals surface area contributed by atoms with Gasteiger partial charge in [-0.2, -0.15) is 5.10 Å². The molecule has 4 heterocycles. The van der Waals surface area contributed by atoms with Gasteiger partial charge >= 0.3 is 0 Å². The molecule has 0 spiro atoms. The number of amides is 1. The Morgan fingerprint density at radius 3 is 2.89 bits per heavy atom. The minimum atomic E-state index is -0.264. The number of nitrogens with one attached hydrogen (secondary N) is 2. The standard InChI is InChI=1S/C19H17N7O/c20-6-8-22-19(27)15-5-1-4-14(24-15)18-13-9-16(12-3-2-7-21-10-12)23-11-17(13)25-26-18/h1-5,7,9-11H,6,8,20H2,(H,22,27)(H,25,26). The van der Waals surface area contributed by atoms with E-state index in [2.05, 4.69) is 30.5 Å². The van der Waals surface area contributed by atoms with Crippen LogP contribution in [0.4, 0.5) is 0 Å². The van der Waals surface area contributed by atoms with Gasteiger partial charge < -0.3 is 11.1 Å². The summed E-state index contributed by atoms with van der Waals surface area (Å²) in [5, 5.41) is 10.9. The predicted octanol–water partition coefficient (Wildman–Crippen LogP) is 1.77. The zero-order valence-corrected chi connectivity index (χ0v) is 14.4. The van der Waals surface area contributed by atoms with Crippen LogP contribution in [0.1, 0.15) is 10.5 Å². The van der Waals surface area contributed by atoms with Gasteiger partial charge in [0.05, 0.1) is 23.1 Å². The molecule has 27 heavy (non-hydrogen) atoms. The lowest BCUT2D eigenvalue weighted by atomic mass is 10.1. The van der Waals surface area contributed by atoms with Crippen LogP contribution in [0.5, 0.6) is 0 Å². The summed E-state index contributed by atoms with van der Waals surface area (Å²) in [4.78, 5) is 25.2. The van der Waals surface area contributed by atoms with Gasteiger partial charge in [-0.05, 0) is 30.3 Å². The number of pyridine rings is 3. The van der Waals surface area contributed by atoms with Gasteiger partial charge in [0.25, 0.3) is 5.91 Å². The highest BCUT2D eigenvalue weighted by molar-refractivity contribution is 5.96. The van der Waals surface area contributed by atoms with Crippen LogP contribution in [0.3, 0.4) is 0 Å². The van der Waals surface area contributed by atoms with Crippen molar-refractivity contribution in [1.82, 2.24) is 30.5 Å². The normalized spacial score (nSPS) is 10.9. The second-order valence-corrected chi connectivity index (χ2v) is 5.88. The first-order valence-corrected chi connectivity index (χ1v) is 8.46. The molecule has 8 nitrogen and oxygen atoms in total. The van der Waals surface area contributed by atoms with E-state index in [4.69, 9.17) is 5.73 Å². The Balaban J connectivity index is 1.75. The van der Waals surface area contributed by atoms with Gasteiger partial charge in [-0.25, -0.2) is 4.98 Å². The Morgan fingerprint density at radius 2 is 2.07 bits per heavy atom. The first kappa shape index (κ1) is 16.8. The van der Waals surface area contributed by atoms with E-state index in [1.807, 2.05) is 24.3 Å². The topological polar surface area (TPSA) is 122 Å². The molecule has 0 bridgehead atoms. The molecule has 0 saturated carbocycles. The van der Waals surface area contributed by atoms with Crippen molar-refractivity contribution < 1.29 is 4.79 Å². The summed E-state index contributed by atoms with van der Waals surface area (Å²) in [6, 6.07) is 11.0. The summed E-state index contributed by atoms with van der Waals surface area (Å²) >= 11 is 0. The van der Waals surface area contributed by atoms with Gasteiger partial charge in [-0.1, -0.05) is 6.07 Å². The zero-order valence-electron chi connectivity index (χ0n) is 14.4. The molecule has 0 aliphatic rings. The largest absolute Gasteiger partial charge is 0.349 e. The van der Waals surface area contributed by atoms with Gasteiger partial charge in [-0.15, -0.1) is 0 Å². The van der Waals surface area contributed by atoms with E-state index in [9.17, 15) is 4.79 Å². The van der Waals surface area contributed by atoms with E-state index in [0.29, 0.717) is 30.2 Å². The van der Waals surface area contributed by atoms with E-state index in [-0.39, 0.29) is 5.91 Å². The Morgan fingerprint density at radius 1 is 1.15 bits per heavy atom. The Labute approximate surface area is 154 Å². The number of nitrogens with zero attached hydrogens (tertiary/aromatic N) is 4. The van der Waals surface area contributed by atoms with Crippen molar-refractivity contribution in [3.63, 3.8) is 0 Å². The van der Waals surface area contributed by atoms with Crippen LogP contribution >= 0.6 is 0 Å². The van der Waals surface area contributed by atoms with Crippen LogP contribution in [0.2, 0.25) is 0 Å². The highest BCUT2D eigenvalue weighted by atomic mass is 16.1. The molecule has 0 fully saturated rings. The minimum absolute atomic E-state index is 0.264. The number of hydrogen-bond donors (Lipinski definition) is 3. The van der Waals surface area contributed by atoms with Gasteiger partial charge in [-0.3, -0.25) is 19.9 Å². The molecule has 0 aromatic carbocycles. The average molecular weight is 359 g/mol. The molecule has 134 valence electrons. The van der Waals surface area contributed by atoms with E-state index >= 15 is 0 Å². The molecular formula is C19H17N7O. The first-order valence-electron chi connectivity index (χ1n) is 8.46. The smallest absolute Gasteiger partial charge is 0.269 e. The molecule has 0 unspecified atom stereocenters. The zero-order chi connectivity index (χ0) is 18.6. The molecule has 4 N–H and O–H groups in total. The second-order valence-electron chi connectivity index (χ2n) is 5.88. The molecule has 0 aliphatic heterocycles. The third-order valence-electron chi connectivity index (χ3n) is 4.06. The molecule has 0 radical (unpaired) electrons. The van der Waals surface area contributed by atoms with Gasteiger partial charge in [0.2, 0.25) is 0 Å². The SMILES string of the molecule is NCCNC(=O)c1cccc(-c2n[nH]c3cnc(-c4cccnc4)cc23)n1. The van der Waals surface area contributed by atoms with E-state index in [1.54, 1.807) is 30.7 Å². The van der Waals surface area contributed by atoms with Gasteiger partial charge in [0, 0.05) is 36.4 Å². The lowest BCUT2D eigenvalue weighted by Crippen LogP contribution is -2.29. The minimum Gasteiger partial charge on any atom is -0.349 e. The van der Waals surface area contributed by atoms with E-state index in [0.717, 1.165) is 22.2 Å². The molecule has 4 aromatic heterocycles. The summed E-state index contributed by atoms with van der Waals surface area (Å²) in [7, 11) is 0. The van der Waals surface area contributed by atoms with Crippen LogP contribution in [0.25, 0.3) is 33.5 Å². The third kappa shape index (κ3) is 3.38. The van der Waals surface area contributed by atoms with Crippen molar-refractivity contribution in [3.05, 3.63) is 60.7 Å². The highest BCUT2D eigenvalue weighted by Gasteiger charge is 2.14. The molecule has 4 aromatic rings. The van der Waals surface area contributed by atoms with Gasteiger partial charge in [0.15, 0.2) is 0 Å². The van der Waals surface area contributed by atoms with Crippen molar-refractivity contribution >= 4 is 16.8 Å². The number of aromatic nitrogens is 5. The first-order chi connectivity index (χ1) is 13.3. The maximum atomic E-state index is 12.2. The Kier molecular flexibility index (Phi) is 4.54. The van der Waals surface area contributed by atoms with Crippen molar-refractivity contribution in [2.24, 2.45) is 5.73 Å². The highest BCUT2D eigenvalue weighted by Crippen LogP contribution is 2.28. The number of fused-ring (bicyclic) bond motifs is 1. The Bertz CT molecular complexity index is 1090. The third-order valence-corrected chi connectivity index (χ3v) is 4.06. The summed E-state index contributed by atoms with van der Waals surface area (Å²) in [5.74, 6) is -0.264.